The van der Waals surface area contributed by atoms with Gasteiger partial charge in [-0.2, -0.15) is 5.10 Å². The van der Waals surface area contributed by atoms with E-state index in [1.165, 1.54) is 6.20 Å². The first-order chi connectivity index (χ1) is 18.9. The van der Waals surface area contributed by atoms with Gasteiger partial charge >= 0.3 is 11.8 Å². The summed E-state index contributed by atoms with van der Waals surface area (Å²) in [5, 5.41) is 9.09. The molecule has 0 radical (unpaired) electrons. The van der Waals surface area contributed by atoms with Gasteiger partial charge in [-0.15, -0.1) is 0 Å². The van der Waals surface area contributed by atoms with Crippen LogP contribution in [0.25, 0.3) is 21.8 Å². The van der Waals surface area contributed by atoms with Crippen molar-refractivity contribution in [2.24, 2.45) is 5.92 Å². The standard InChI is InChI=1S/C29H33N7O3/c1-17-6-9-24(20-8-7-19-11-18(2)13-31-22(19)12-20)35(15-17)29(38)28(37)33-23-14-32-27(30)21-16-36(34-26(21)23)25-5-3-4-10-39-25/h7-8,11-14,16-17,24-25H,3-6,9-10,15H2,1-2H3,(H2,30,32)(H,33,37)/t17-,24+,25?/m0/s1. The van der Waals surface area contributed by atoms with Gasteiger partial charge in [-0.25, -0.2) is 9.67 Å². The summed E-state index contributed by atoms with van der Waals surface area (Å²) < 4.78 is 7.59. The number of nitrogens with one attached hydrogen (secondary N) is 1. The highest BCUT2D eigenvalue weighted by molar-refractivity contribution is 6.40. The third kappa shape index (κ3) is 4.92. The second-order valence-electron chi connectivity index (χ2n) is 10.8. The third-order valence-electron chi connectivity index (χ3n) is 7.80. The monoisotopic (exact) mass is 527 g/mol. The fourth-order valence-electron chi connectivity index (χ4n) is 5.70. The van der Waals surface area contributed by atoms with Gasteiger partial charge in [0, 0.05) is 30.9 Å². The topological polar surface area (TPSA) is 128 Å². The lowest BCUT2D eigenvalue weighted by atomic mass is 9.89. The number of amides is 2. The summed E-state index contributed by atoms with van der Waals surface area (Å²) in [4.78, 5) is 37.4. The van der Waals surface area contributed by atoms with E-state index < -0.39 is 11.8 Å². The number of piperidine rings is 1. The van der Waals surface area contributed by atoms with Crippen molar-refractivity contribution in [1.82, 2.24) is 24.6 Å². The zero-order chi connectivity index (χ0) is 27.1. The maximum Gasteiger partial charge on any atom is 0.314 e. The van der Waals surface area contributed by atoms with Crippen LogP contribution in [0.3, 0.4) is 0 Å². The Labute approximate surface area is 226 Å². The minimum atomic E-state index is -0.722. The molecule has 3 N–H and O–H groups in total. The van der Waals surface area contributed by atoms with Gasteiger partial charge in [0.1, 0.15) is 17.6 Å². The number of nitrogen functional groups attached to an aromatic ring is 1. The van der Waals surface area contributed by atoms with Crippen LogP contribution in [0.5, 0.6) is 0 Å². The van der Waals surface area contributed by atoms with Crippen LogP contribution in [-0.4, -0.2) is 49.6 Å². The van der Waals surface area contributed by atoms with E-state index in [0.29, 0.717) is 35.6 Å². The van der Waals surface area contributed by atoms with Gasteiger partial charge in [0.05, 0.1) is 28.8 Å². The number of nitrogens with zero attached hydrogens (tertiary/aromatic N) is 5. The number of carbonyl (C=O) groups excluding carboxylic acids is 2. The molecule has 1 unspecified atom stereocenters. The first kappa shape index (κ1) is 25.2. The van der Waals surface area contributed by atoms with Gasteiger partial charge in [0.2, 0.25) is 0 Å². The predicted molar refractivity (Wildman–Crippen MR) is 149 cm³/mol. The summed E-state index contributed by atoms with van der Waals surface area (Å²) in [6.45, 7) is 5.29. The second-order valence-corrected chi connectivity index (χ2v) is 10.8. The molecule has 39 heavy (non-hydrogen) atoms. The highest BCUT2D eigenvalue weighted by atomic mass is 16.5. The number of likely N-dealkylation sites (tertiary alicyclic amines) is 1. The van der Waals surface area contributed by atoms with Crippen LogP contribution >= 0.6 is 0 Å². The van der Waals surface area contributed by atoms with Crippen LogP contribution in [0.2, 0.25) is 0 Å². The number of ether oxygens (including phenoxy) is 1. The average molecular weight is 528 g/mol. The van der Waals surface area contributed by atoms with Crippen molar-refractivity contribution in [3.8, 4) is 0 Å². The molecule has 3 aromatic heterocycles. The van der Waals surface area contributed by atoms with E-state index in [0.717, 1.165) is 54.1 Å². The van der Waals surface area contributed by atoms with E-state index in [1.54, 1.807) is 15.8 Å². The van der Waals surface area contributed by atoms with Crippen molar-refractivity contribution < 1.29 is 14.3 Å². The van der Waals surface area contributed by atoms with Crippen LogP contribution in [0, 0.1) is 12.8 Å². The summed E-state index contributed by atoms with van der Waals surface area (Å²) in [5.74, 6) is -0.708. The van der Waals surface area contributed by atoms with Gasteiger partial charge in [-0.1, -0.05) is 19.1 Å². The molecule has 0 bridgehead atoms. The Morgan fingerprint density at radius 3 is 2.79 bits per heavy atom. The molecule has 6 rings (SSSR count). The molecule has 2 aliphatic heterocycles. The van der Waals surface area contributed by atoms with E-state index in [1.807, 2.05) is 31.3 Å². The summed E-state index contributed by atoms with van der Waals surface area (Å²) >= 11 is 0. The van der Waals surface area contributed by atoms with Crippen molar-refractivity contribution in [2.45, 2.75) is 58.2 Å². The molecule has 3 atom stereocenters. The molecule has 4 aromatic rings. The van der Waals surface area contributed by atoms with Crippen molar-refractivity contribution in [2.75, 3.05) is 24.2 Å². The van der Waals surface area contributed by atoms with Crippen molar-refractivity contribution in [3.05, 3.63) is 54.0 Å². The summed E-state index contributed by atoms with van der Waals surface area (Å²) in [6, 6.07) is 7.99. The Balaban J connectivity index is 1.26. The Bertz CT molecular complexity index is 1560. The van der Waals surface area contributed by atoms with Crippen LogP contribution in [0.1, 0.15) is 62.4 Å². The number of aryl methyl sites for hydroxylation is 1. The predicted octanol–water partition coefficient (Wildman–Crippen LogP) is 4.51. The highest BCUT2D eigenvalue weighted by Crippen LogP contribution is 2.35. The van der Waals surface area contributed by atoms with E-state index in [9.17, 15) is 9.59 Å². The normalized spacial score (nSPS) is 21.8. The minimum absolute atomic E-state index is 0.188. The minimum Gasteiger partial charge on any atom is -0.383 e. The van der Waals surface area contributed by atoms with Crippen molar-refractivity contribution >= 4 is 45.1 Å². The molecule has 202 valence electrons. The molecule has 10 nitrogen and oxygen atoms in total. The lowest BCUT2D eigenvalue weighted by Gasteiger charge is -2.38. The summed E-state index contributed by atoms with van der Waals surface area (Å²) in [6.07, 6.45) is 9.57. The number of benzene rings is 1. The lowest BCUT2D eigenvalue weighted by molar-refractivity contribution is -0.146. The molecular weight excluding hydrogens is 494 g/mol. The molecule has 0 spiro atoms. The molecule has 0 aliphatic carbocycles. The number of aromatic nitrogens is 4. The maximum absolute atomic E-state index is 13.6. The van der Waals surface area contributed by atoms with Crippen LogP contribution in [-0.2, 0) is 14.3 Å². The number of rotatable bonds is 3. The molecular formula is C29H33N7O3. The lowest BCUT2D eigenvalue weighted by Crippen LogP contribution is -2.46. The first-order valence-corrected chi connectivity index (χ1v) is 13.6. The molecule has 0 saturated carbocycles. The maximum atomic E-state index is 13.6. The van der Waals surface area contributed by atoms with Gasteiger partial charge in [-0.3, -0.25) is 14.6 Å². The number of hydrogen-bond donors (Lipinski definition) is 2. The number of pyridine rings is 2. The molecule has 2 amide bonds. The molecule has 2 fully saturated rings. The molecule has 2 aliphatic rings. The Kier molecular flexibility index (Phi) is 6.64. The van der Waals surface area contributed by atoms with E-state index in [-0.39, 0.29) is 18.2 Å². The summed E-state index contributed by atoms with van der Waals surface area (Å²) in [7, 11) is 0. The van der Waals surface area contributed by atoms with Gasteiger partial charge in [0.25, 0.3) is 0 Å². The smallest absolute Gasteiger partial charge is 0.314 e. The zero-order valence-electron chi connectivity index (χ0n) is 22.3. The van der Waals surface area contributed by atoms with Gasteiger partial charge in [-0.05, 0) is 68.2 Å². The van der Waals surface area contributed by atoms with Crippen molar-refractivity contribution in [1.29, 1.82) is 0 Å². The highest BCUT2D eigenvalue weighted by Gasteiger charge is 2.35. The SMILES string of the molecule is Cc1cnc2cc([C@H]3CC[C@H](C)CN3C(=O)C(=O)Nc3cnc(N)c4cn(C5CCCCO5)nc34)ccc2c1. The number of fused-ring (bicyclic) bond motifs is 2. The number of anilines is 2. The molecule has 2 saturated heterocycles. The molecule has 10 heteroatoms. The Hall–Kier alpha value is -4.05. The molecule has 1 aromatic carbocycles. The fourth-order valence-corrected chi connectivity index (χ4v) is 5.70. The third-order valence-corrected chi connectivity index (χ3v) is 7.80. The fraction of sp³-hybridized carbons (Fsp3) is 0.414. The Morgan fingerprint density at radius 2 is 1.97 bits per heavy atom. The number of carbonyl (C=O) groups is 2. The van der Waals surface area contributed by atoms with Crippen LogP contribution in [0.15, 0.2) is 42.9 Å². The first-order valence-electron chi connectivity index (χ1n) is 13.6. The average Bonchev–Trinajstić information content (AvgIpc) is 3.41. The van der Waals surface area contributed by atoms with Gasteiger partial charge in [0.15, 0.2) is 0 Å². The Morgan fingerprint density at radius 1 is 1.10 bits per heavy atom. The number of hydrogen-bond acceptors (Lipinski definition) is 7. The van der Waals surface area contributed by atoms with Crippen LogP contribution < -0.4 is 11.1 Å². The summed E-state index contributed by atoms with van der Waals surface area (Å²) in [5.41, 5.74) is 9.91. The van der Waals surface area contributed by atoms with E-state index >= 15 is 0 Å². The quantitative estimate of drug-likeness (QED) is 0.375. The largest absolute Gasteiger partial charge is 0.383 e. The number of nitrogens with two attached hydrogens (primary N) is 1. The van der Waals surface area contributed by atoms with Crippen molar-refractivity contribution in [3.63, 3.8) is 0 Å². The van der Waals surface area contributed by atoms with Crippen LogP contribution in [0.4, 0.5) is 11.5 Å². The van der Waals surface area contributed by atoms with E-state index in [4.69, 9.17) is 10.5 Å². The van der Waals surface area contributed by atoms with E-state index in [2.05, 4.69) is 33.4 Å². The van der Waals surface area contributed by atoms with Gasteiger partial charge < -0.3 is 20.7 Å². The molecule has 5 heterocycles. The zero-order valence-corrected chi connectivity index (χ0v) is 22.3. The second kappa shape index (κ2) is 10.3.